The van der Waals surface area contributed by atoms with Crippen LogP contribution in [0.5, 0.6) is 0 Å². The Morgan fingerprint density at radius 1 is 1.42 bits per heavy atom. The average Bonchev–Trinajstić information content (AvgIpc) is 1.84. The molecule has 1 atom stereocenters. The van der Waals surface area contributed by atoms with Gasteiger partial charge in [0.2, 0.25) is 0 Å². The predicted octanol–water partition coefficient (Wildman–Crippen LogP) is 2.57. The lowest BCUT2D eigenvalue weighted by Gasteiger charge is -2.12. The Balaban J connectivity index is 3.93. The molecule has 0 aliphatic rings. The minimum atomic E-state index is -1.08. The molecule has 0 bridgehead atoms. The van der Waals surface area contributed by atoms with Crippen molar-refractivity contribution in [2.45, 2.75) is 45.8 Å². The highest BCUT2D eigenvalue weighted by Crippen LogP contribution is 2.11. The fourth-order valence-electron chi connectivity index (χ4n) is 0.480. The molecule has 0 fully saturated rings. The van der Waals surface area contributed by atoms with Crippen molar-refractivity contribution < 1.29 is 4.21 Å². The van der Waals surface area contributed by atoms with Crippen LogP contribution in [0.1, 0.15) is 41.0 Å². The number of hydrogen-bond acceptors (Lipinski definition) is 1. The van der Waals surface area contributed by atoms with Crippen molar-refractivity contribution in [2.75, 3.05) is 0 Å². The van der Waals surface area contributed by atoms with Crippen LogP contribution in [0, 0.1) is 5.92 Å². The molecule has 0 radical (unpaired) electrons. The second-order valence-electron chi connectivity index (χ2n) is 4.28. The predicted molar refractivity (Wildman–Crippen MR) is 55.8 cm³/mol. The first-order chi connectivity index (χ1) is 5.34. The zero-order valence-electron chi connectivity index (χ0n) is 8.63. The Morgan fingerprint density at radius 2 is 1.92 bits per heavy atom. The summed E-state index contributed by atoms with van der Waals surface area (Å²) in [6.07, 6.45) is 2.67. The van der Waals surface area contributed by atoms with Crippen LogP contribution in [0.25, 0.3) is 0 Å². The third-order valence-corrected chi connectivity index (χ3v) is 2.66. The molecule has 0 spiro atoms. The largest absolute Gasteiger partial charge is 0.234 e. The lowest BCUT2D eigenvalue weighted by molar-refractivity contribution is 0.650. The van der Waals surface area contributed by atoms with Gasteiger partial charge in [0.1, 0.15) is 11.0 Å². The van der Waals surface area contributed by atoms with Gasteiger partial charge in [-0.2, -0.15) is 4.40 Å². The fourth-order valence-corrected chi connectivity index (χ4v) is 1.02. The van der Waals surface area contributed by atoms with Gasteiger partial charge < -0.3 is 0 Å². The van der Waals surface area contributed by atoms with Crippen LogP contribution >= 0.6 is 0 Å². The second-order valence-corrected chi connectivity index (χ2v) is 6.21. The maximum absolute atomic E-state index is 11.4. The third-order valence-electron chi connectivity index (χ3n) is 1.27. The molecule has 0 aliphatic carbocycles. The first-order valence-electron chi connectivity index (χ1n) is 4.28. The second kappa shape index (κ2) is 4.75. The molecular weight excluding hydrogens is 170 g/mol. The molecule has 3 heteroatoms. The minimum absolute atomic E-state index is 0.229. The van der Waals surface area contributed by atoms with E-state index in [-0.39, 0.29) is 4.75 Å². The Hall–Kier alpha value is -0.180. The van der Waals surface area contributed by atoms with Crippen LogP contribution < -0.4 is 0 Å². The molecule has 0 aliphatic heterocycles. The van der Waals surface area contributed by atoms with E-state index in [1.165, 1.54) is 0 Å². The van der Waals surface area contributed by atoms with Gasteiger partial charge in [-0.25, -0.2) is 4.21 Å². The van der Waals surface area contributed by atoms with Crippen molar-refractivity contribution in [3.05, 3.63) is 0 Å². The molecule has 0 saturated heterocycles. The highest BCUT2D eigenvalue weighted by Gasteiger charge is 2.17. The van der Waals surface area contributed by atoms with E-state index in [1.807, 2.05) is 20.8 Å². The summed E-state index contributed by atoms with van der Waals surface area (Å²) in [6, 6.07) is 0. The molecule has 72 valence electrons. The molecule has 0 unspecified atom stereocenters. The van der Waals surface area contributed by atoms with Crippen molar-refractivity contribution in [1.29, 1.82) is 0 Å². The smallest absolute Gasteiger partial charge is 0.144 e. The lowest BCUT2D eigenvalue weighted by Crippen LogP contribution is -2.19. The molecular formula is C9H19NOS. The summed E-state index contributed by atoms with van der Waals surface area (Å²) in [7, 11) is -1.08. The summed E-state index contributed by atoms with van der Waals surface area (Å²) >= 11 is 0. The monoisotopic (exact) mass is 189 g/mol. The maximum atomic E-state index is 11.4. The van der Waals surface area contributed by atoms with E-state index >= 15 is 0 Å². The molecule has 0 aromatic rings. The van der Waals surface area contributed by atoms with Gasteiger partial charge in [-0.15, -0.1) is 0 Å². The van der Waals surface area contributed by atoms with E-state index in [0.717, 1.165) is 6.42 Å². The third kappa shape index (κ3) is 5.47. The van der Waals surface area contributed by atoms with Crippen LogP contribution in [-0.2, 0) is 11.0 Å². The van der Waals surface area contributed by atoms with E-state index in [9.17, 15) is 4.21 Å². The van der Waals surface area contributed by atoms with Crippen molar-refractivity contribution in [3.8, 4) is 0 Å². The van der Waals surface area contributed by atoms with Crippen molar-refractivity contribution >= 4 is 17.2 Å². The van der Waals surface area contributed by atoms with Crippen molar-refractivity contribution in [3.63, 3.8) is 0 Å². The standard InChI is InChI=1S/C9H19NOS/c1-8(2)6-7-10-12(11)9(3,4)5/h7-8H,6H2,1-5H3/b10-7-/t12-/m0/s1. The number of rotatable bonds is 3. The Kier molecular flexibility index (Phi) is 4.68. The molecule has 0 amide bonds. The molecule has 0 rings (SSSR count). The zero-order valence-corrected chi connectivity index (χ0v) is 9.44. The van der Waals surface area contributed by atoms with Crippen LogP contribution in [0.3, 0.4) is 0 Å². The maximum Gasteiger partial charge on any atom is 0.144 e. The van der Waals surface area contributed by atoms with Gasteiger partial charge >= 0.3 is 0 Å². The normalized spacial score (nSPS) is 15.8. The lowest BCUT2D eigenvalue weighted by atomic mass is 10.2. The topological polar surface area (TPSA) is 29.4 Å². The van der Waals surface area contributed by atoms with Crippen LogP contribution in [0.4, 0.5) is 0 Å². The molecule has 0 N–H and O–H groups in total. The molecule has 0 aromatic heterocycles. The fraction of sp³-hybridized carbons (Fsp3) is 0.889. The van der Waals surface area contributed by atoms with Gasteiger partial charge in [0, 0.05) is 6.21 Å². The summed E-state index contributed by atoms with van der Waals surface area (Å²) in [6.45, 7) is 10.0. The van der Waals surface area contributed by atoms with E-state index in [0.29, 0.717) is 5.92 Å². The molecule has 12 heavy (non-hydrogen) atoms. The van der Waals surface area contributed by atoms with Crippen molar-refractivity contribution in [1.82, 2.24) is 0 Å². The van der Waals surface area contributed by atoms with Gasteiger partial charge in [-0.3, -0.25) is 0 Å². The van der Waals surface area contributed by atoms with Crippen LogP contribution in [0.2, 0.25) is 0 Å². The average molecular weight is 189 g/mol. The Morgan fingerprint density at radius 3 is 2.25 bits per heavy atom. The van der Waals surface area contributed by atoms with Crippen LogP contribution in [0.15, 0.2) is 4.40 Å². The minimum Gasteiger partial charge on any atom is -0.234 e. The van der Waals surface area contributed by atoms with Gasteiger partial charge in [0.15, 0.2) is 0 Å². The summed E-state index contributed by atoms with van der Waals surface area (Å²) in [5, 5.41) is 0. The van der Waals surface area contributed by atoms with Gasteiger partial charge in [-0.1, -0.05) is 13.8 Å². The highest BCUT2D eigenvalue weighted by molar-refractivity contribution is 7.85. The molecule has 0 saturated carbocycles. The van der Waals surface area contributed by atoms with Gasteiger partial charge in [0.05, 0.1) is 4.75 Å². The van der Waals surface area contributed by atoms with E-state index in [1.54, 1.807) is 6.21 Å². The summed E-state index contributed by atoms with van der Waals surface area (Å²) in [5.41, 5.74) is 0. The van der Waals surface area contributed by atoms with E-state index < -0.39 is 11.0 Å². The summed E-state index contributed by atoms with van der Waals surface area (Å²) < 4.78 is 15.1. The zero-order chi connectivity index (χ0) is 9.78. The summed E-state index contributed by atoms with van der Waals surface area (Å²) in [4.78, 5) is 0. The number of nitrogens with zero attached hydrogens (tertiary/aromatic N) is 1. The first-order valence-corrected chi connectivity index (χ1v) is 5.39. The highest BCUT2D eigenvalue weighted by atomic mass is 32.2. The Labute approximate surface area is 78.1 Å². The molecule has 0 heterocycles. The molecule has 0 aromatic carbocycles. The first kappa shape index (κ1) is 11.8. The van der Waals surface area contributed by atoms with Gasteiger partial charge in [0.25, 0.3) is 0 Å². The SMILES string of the molecule is CC(C)C/C=N\[S@@](=O)C(C)(C)C. The van der Waals surface area contributed by atoms with Crippen molar-refractivity contribution in [2.24, 2.45) is 10.3 Å². The summed E-state index contributed by atoms with van der Waals surface area (Å²) in [5.74, 6) is 0.589. The van der Waals surface area contributed by atoms with E-state index in [2.05, 4.69) is 18.2 Å². The van der Waals surface area contributed by atoms with Gasteiger partial charge in [-0.05, 0) is 33.1 Å². The number of hydrogen-bond donors (Lipinski definition) is 0. The Bertz CT molecular complexity index is 179. The van der Waals surface area contributed by atoms with E-state index in [4.69, 9.17) is 0 Å². The van der Waals surface area contributed by atoms with Crippen LogP contribution in [-0.4, -0.2) is 15.2 Å². The quantitative estimate of drug-likeness (QED) is 0.627. The molecule has 2 nitrogen and oxygen atoms in total.